The summed E-state index contributed by atoms with van der Waals surface area (Å²) in [5.74, 6) is -0.704. The van der Waals surface area contributed by atoms with Gasteiger partial charge in [0.15, 0.2) is 0 Å². The third kappa shape index (κ3) is 7.22. The van der Waals surface area contributed by atoms with E-state index < -0.39 is 24.0 Å². The van der Waals surface area contributed by atoms with E-state index >= 15 is 0 Å². The van der Waals surface area contributed by atoms with Crippen molar-refractivity contribution in [3.8, 4) is 5.75 Å². The van der Waals surface area contributed by atoms with Crippen LogP contribution in [0.3, 0.4) is 0 Å². The molecule has 0 spiro atoms. The Morgan fingerprint density at radius 3 is 2.42 bits per heavy atom. The molecule has 3 N–H and O–H groups in total. The van der Waals surface area contributed by atoms with Crippen molar-refractivity contribution >= 4 is 17.5 Å². The maximum atomic E-state index is 12.4. The predicted molar refractivity (Wildman–Crippen MR) is 125 cm³/mol. The van der Waals surface area contributed by atoms with Gasteiger partial charge in [-0.1, -0.05) is 48.5 Å². The number of carbonyl (C=O) groups is 2. The van der Waals surface area contributed by atoms with E-state index in [9.17, 15) is 19.8 Å². The number of aliphatic hydroxyl groups excluding tert-OH is 1. The largest absolute Gasteiger partial charge is 0.512 e. The maximum absolute atomic E-state index is 12.4. The summed E-state index contributed by atoms with van der Waals surface area (Å²) < 4.78 is 10.8. The number of carboxylic acids is 1. The molecular weight excluding hydrogens is 422 g/mol. The number of para-hydroxylation sites is 1. The number of carbonyl (C=O) groups excluding carboxylic acids is 1. The number of aliphatic hydroxyl groups is 1. The fourth-order valence-electron chi connectivity index (χ4n) is 3.54. The molecule has 7 heteroatoms. The Balaban J connectivity index is 1.68. The van der Waals surface area contributed by atoms with Crippen LogP contribution in [0.2, 0.25) is 0 Å². The van der Waals surface area contributed by atoms with Crippen molar-refractivity contribution in [2.45, 2.75) is 38.3 Å². The van der Waals surface area contributed by atoms with Crippen LogP contribution in [0.15, 0.2) is 72.5 Å². The van der Waals surface area contributed by atoms with Crippen LogP contribution < -0.4 is 10.1 Å². The van der Waals surface area contributed by atoms with E-state index in [1.165, 1.54) is 0 Å². The molecule has 0 fully saturated rings. The number of hydrogen-bond donors (Lipinski definition) is 3. The lowest BCUT2D eigenvalue weighted by Gasteiger charge is -2.22. The second kappa shape index (κ2) is 11.9. The Morgan fingerprint density at radius 1 is 1.06 bits per heavy atom. The number of rotatable bonds is 11. The van der Waals surface area contributed by atoms with E-state index in [1.54, 1.807) is 25.1 Å². The van der Waals surface area contributed by atoms with Gasteiger partial charge >= 0.3 is 11.9 Å². The van der Waals surface area contributed by atoms with Gasteiger partial charge in [0.05, 0.1) is 12.4 Å². The Hall–Kier alpha value is -3.58. The standard InChI is InChI=1S/C26H29NO6/c1-2-32-26(31)24(17-33-22-9-4-3-5-10-22)27-23(25(29)30)15-18-11-13-19(14-12-18)20-7-6-8-21(28)16-20/h3-5,7,9-14,16,23-24,27-28H,2,6,8,15,17H2,1H3,(H,29,30)/t23-,24-/m0/s1. The van der Waals surface area contributed by atoms with E-state index in [0.717, 1.165) is 23.1 Å². The zero-order valence-corrected chi connectivity index (χ0v) is 18.6. The molecule has 0 bridgehead atoms. The van der Waals surface area contributed by atoms with E-state index in [2.05, 4.69) is 11.4 Å². The highest BCUT2D eigenvalue weighted by atomic mass is 16.5. The van der Waals surface area contributed by atoms with Crippen molar-refractivity contribution in [1.82, 2.24) is 5.32 Å². The minimum absolute atomic E-state index is 0.0600. The number of carboxylic acid groups (broad SMARTS) is 1. The molecule has 2 atom stereocenters. The fourth-order valence-corrected chi connectivity index (χ4v) is 3.54. The first kappa shape index (κ1) is 24.1. The Morgan fingerprint density at radius 2 is 1.79 bits per heavy atom. The number of allylic oxidation sites excluding steroid dienone is 4. The third-order valence-electron chi connectivity index (χ3n) is 5.25. The molecule has 7 nitrogen and oxygen atoms in total. The quantitative estimate of drug-likeness (QED) is 0.445. The summed E-state index contributed by atoms with van der Waals surface area (Å²) >= 11 is 0. The molecule has 174 valence electrons. The van der Waals surface area contributed by atoms with E-state index in [4.69, 9.17) is 9.47 Å². The molecule has 3 rings (SSSR count). The lowest BCUT2D eigenvalue weighted by Crippen LogP contribution is -2.51. The molecule has 0 heterocycles. The van der Waals surface area contributed by atoms with Crippen LogP contribution in [0, 0.1) is 0 Å². The van der Waals surface area contributed by atoms with Gasteiger partial charge in [-0.15, -0.1) is 0 Å². The average molecular weight is 452 g/mol. The van der Waals surface area contributed by atoms with Gasteiger partial charge in [0, 0.05) is 6.42 Å². The van der Waals surface area contributed by atoms with Crippen LogP contribution in [-0.2, 0) is 20.7 Å². The van der Waals surface area contributed by atoms with Crippen LogP contribution >= 0.6 is 0 Å². The predicted octanol–water partition coefficient (Wildman–Crippen LogP) is 3.90. The first-order valence-electron chi connectivity index (χ1n) is 11.0. The van der Waals surface area contributed by atoms with Gasteiger partial charge in [0.1, 0.15) is 24.4 Å². The Bertz CT molecular complexity index is 997. The number of benzene rings is 2. The van der Waals surface area contributed by atoms with Crippen LogP contribution in [-0.4, -0.2) is 47.4 Å². The highest BCUT2D eigenvalue weighted by molar-refractivity contribution is 5.79. The van der Waals surface area contributed by atoms with Crippen molar-refractivity contribution in [3.05, 3.63) is 83.6 Å². The second-order valence-electron chi connectivity index (χ2n) is 7.72. The van der Waals surface area contributed by atoms with E-state index in [1.807, 2.05) is 42.5 Å². The van der Waals surface area contributed by atoms with Crippen molar-refractivity contribution in [2.75, 3.05) is 13.2 Å². The van der Waals surface area contributed by atoms with Gasteiger partial charge < -0.3 is 19.7 Å². The molecule has 33 heavy (non-hydrogen) atoms. The highest BCUT2D eigenvalue weighted by Crippen LogP contribution is 2.24. The van der Waals surface area contributed by atoms with Crippen LogP contribution in [0.1, 0.15) is 30.9 Å². The van der Waals surface area contributed by atoms with Crippen LogP contribution in [0.25, 0.3) is 5.57 Å². The van der Waals surface area contributed by atoms with Crippen molar-refractivity contribution < 1.29 is 29.3 Å². The van der Waals surface area contributed by atoms with Gasteiger partial charge in [0.2, 0.25) is 0 Å². The van der Waals surface area contributed by atoms with Gasteiger partial charge in [-0.3, -0.25) is 14.9 Å². The molecule has 1 aliphatic rings. The summed E-state index contributed by atoms with van der Waals surface area (Å²) in [6.07, 6.45) is 5.41. The lowest BCUT2D eigenvalue weighted by atomic mass is 9.96. The monoisotopic (exact) mass is 451 g/mol. The topological polar surface area (TPSA) is 105 Å². The Kier molecular flexibility index (Phi) is 8.66. The minimum atomic E-state index is -1.07. The molecule has 0 unspecified atom stereocenters. The summed E-state index contributed by atoms with van der Waals surface area (Å²) in [4.78, 5) is 24.4. The number of aliphatic carboxylic acids is 1. The van der Waals surface area contributed by atoms with Crippen molar-refractivity contribution in [1.29, 1.82) is 0 Å². The molecule has 2 aromatic carbocycles. The van der Waals surface area contributed by atoms with Gasteiger partial charge in [-0.2, -0.15) is 0 Å². The smallest absolute Gasteiger partial charge is 0.326 e. The minimum Gasteiger partial charge on any atom is -0.512 e. The summed E-state index contributed by atoms with van der Waals surface area (Å²) in [7, 11) is 0. The second-order valence-corrected chi connectivity index (χ2v) is 7.72. The Labute approximate surface area is 193 Å². The molecule has 2 aromatic rings. The number of hydrogen-bond acceptors (Lipinski definition) is 6. The summed E-state index contributed by atoms with van der Waals surface area (Å²) in [5.41, 5.74) is 2.69. The van der Waals surface area contributed by atoms with Crippen LogP contribution in [0.5, 0.6) is 5.75 Å². The van der Waals surface area contributed by atoms with Crippen LogP contribution in [0.4, 0.5) is 0 Å². The summed E-state index contributed by atoms with van der Waals surface area (Å²) in [6.45, 7) is 1.82. The SMILES string of the molecule is CCOC(=O)[C@H](COc1ccccc1)N[C@@H](Cc1ccc(C2=CCCC(O)=C2)cc1)C(=O)O. The first-order chi connectivity index (χ1) is 16.0. The molecular formula is C26H29NO6. The summed E-state index contributed by atoms with van der Waals surface area (Å²) in [6, 6.07) is 14.5. The average Bonchev–Trinajstić information content (AvgIpc) is 2.82. The third-order valence-corrected chi connectivity index (χ3v) is 5.25. The lowest BCUT2D eigenvalue weighted by molar-refractivity contribution is -0.147. The van der Waals surface area contributed by atoms with E-state index in [-0.39, 0.29) is 19.6 Å². The molecule has 0 radical (unpaired) electrons. The van der Waals surface area contributed by atoms with Gasteiger partial charge in [-0.05, 0) is 54.7 Å². The molecule has 0 aromatic heterocycles. The van der Waals surface area contributed by atoms with Crippen molar-refractivity contribution in [2.24, 2.45) is 0 Å². The highest BCUT2D eigenvalue weighted by Gasteiger charge is 2.28. The molecule has 0 amide bonds. The number of esters is 1. The normalized spacial score (nSPS) is 15.1. The van der Waals surface area contributed by atoms with Gasteiger partial charge in [-0.25, -0.2) is 0 Å². The summed E-state index contributed by atoms with van der Waals surface area (Å²) in [5, 5.41) is 22.4. The van der Waals surface area contributed by atoms with Gasteiger partial charge in [0.25, 0.3) is 0 Å². The maximum Gasteiger partial charge on any atom is 0.326 e. The zero-order chi connectivity index (χ0) is 23.6. The molecule has 0 saturated heterocycles. The number of ether oxygens (including phenoxy) is 2. The zero-order valence-electron chi connectivity index (χ0n) is 18.6. The number of nitrogens with one attached hydrogen (secondary N) is 1. The molecule has 0 aliphatic heterocycles. The molecule has 1 aliphatic carbocycles. The molecule has 0 saturated carbocycles. The van der Waals surface area contributed by atoms with E-state index in [0.29, 0.717) is 17.9 Å². The first-order valence-corrected chi connectivity index (χ1v) is 11.0. The van der Waals surface area contributed by atoms with Crippen molar-refractivity contribution in [3.63, 3.8) is 0 Å². The fraction of sp³-hybridized carbons (Fsp3) is 0.308.